The van der Waals surface area contributed by atoms with Crippen molar-refractivity contribution in [1.29, 1.82) is 0 Å². The van der Waals surface area contributed by atoms with Gasteiger partial charge in [-0.1, -0.05) is 47.7 Å². The fraction of sp³-hybridized carbons (Fsp3) is 0.154. The number of carbonyl (C=O) groups excluding carboxylic acids is 2. The second kappa shape index (κ2) is 11.6. The molecule has 4 rings (SSSR count). The van der Waals surface area contributed by atoms with E-state index in [-0.39, 0.29) is 18.3 Å². The van der Waals surface area contributed by atoms with Gasteiger partial charge in [0.05, 0.1) is 19.3 Å². The Balaban J connectivity index is 1.19. The van der Waals surface area contributed by atoms with Crippen LogP contribution >= 0.6 is 0 Å². The summed E-state index contributed by atoms with van der Waals surface area (Å²) >= 11 is 0. The Bertz CT molecular complexity index is 1260. The molecule has 1 aromatic heterocycles. The Morgan fingerprint density at radius 1 is 0.857 bits per heavy atom. The van der Waals surface area contributed by atoms with Gasteiger partial charge in [-0.2, -0.15) is 0 Å². The first kappa shape index (κ1) is 23.6. The molecule has 3 amide bonds. The number of amides is 3. The van der Waals surface area contributed by atoms with Crippen LogP contribution in [0.5, 0.6) is 0 Å². The van der Waals surface area contributed by atoms with E-state index >= 15 is 0 Å². The van der Waals surface area contributed by atoms with Crippen molar-refractivity contribution < 1.29 is 14.0 Å². The van der Waals surface area contributed by atoms with Crippen molar-refractivity contribution in [2.24, 2.45) is 0 Å². The van der Waals surface area contributed by atoms with Gasteiger partial charge in [0.1, 0.15) is 11.5 Å². The summed E-state index contributed by atoms with van der Waals surface area (Å²) in [6, 6.07) is 22.4. The number of aromatic nitrogens is 3. The fourth-order valence-corrected chi connectivity index (χ4v) is 3.39. The molecule has 3 N–H and O–H groups in total. The Labute approximate surface area is 202 Å². The highest BCUT2D eigenvalue weighted by atomic mass is 19.1. The second-order valence-electron chi connectivity index (χ2n) is 7.91. The van der Waals surface area contributed by atoms with Crippen LogP contribution in [0.1, 0.15) is 27.2 Å². The Morgan fingerprint density at radius 3 is 2.34 bits per heavy atom. The number of hydrogen-bond donors (Lipinski definition) is 3. The van der Waals surface area contributed by atoms with Gasteiger partial charge in [0.15, 0.2) is 0 Å². The van der Waals surface area contributed by atoms with E-state index in [1.165, 1.54) is 12.1 Å². The van der Waals surface area contributed by atoms with Crippen molar-refractivity contribution in [3.8, 4) is 0 Å². The number of rotatable bonds is 9. The topological polar surface area (TPSA) is 101 Å². The number of hydrogen-bond acceptors (Lipinski definition) is 4. The molecule has 0 bridgehead atoms. The molecule has 35 heavy (non-hydrogen) atoms. The molecule has 9 heteroatoms. The molecule has 0 aliphatic heterocycles. The van der Waals surface area contributed by atoms with Gasteiger partial charge in [0, 0.05) is 17.8 Å². The minimum Gasteiger partial charge on any atom is -0.352 e. The third-order valence-electron chi connectivity index (χ3n) is 5.22. The van der Waals surface area contributed by atoms with Gasteiger partial charge in [0.25, 0.3) is 5.91 Å². The molecule has 0 unspecified atom stereocenters. The van der Waals surface area contributed by atoms with E-state index in [1.807, 2.05) is 30.3 Å². The smallest absolute Gasteiger partial charge is 0.319 e. The van der Waals surface area contributed by atoms with Crippen LogP contribution in [0.15, 0.2) is 85.1 Å². The lowest BCUT2D eigenvalue weighted by atomic mass is 10.1. The number of anilines is 1. The lowest BCUT2D eigenvalue weighted by Crippen LogP contribution is -2.28. The summed E-state index contributed by atoms with van der Waals surface area (Å²) in [5, 5.41) is 16.4. The van der Waals surface area contributed by atoms with Gasteiger partial charge in [0.2, 0.25) is 0 Å². The predicted molar refractivity (Wildman–Crippen MR) is 130 cm³/mol. The average Bonchev–Trinajstić information content (AvgIpc) is 3.32. The first-order valence-electron chi connectivity index (χ1n) is 11.2. The van der Waals surface area contributed by atoms with Crippen LogP contribution in [0.4, 0.5) is 14.9 Å². The highest BCUT2D eigenvalue weighted by Gasteiger charge is 2.08. The van der Waals surface area contributed by atoms with E-state index in [1.54, 1.807) is 47.3 Å². The molecule has 8 nitrogen and oxygen atoms in total. The highest BCUT2D eigenvalue weighted by molar-refractivity contribution is 5.95. The fourth-order valence-electron chi connectivity index (χ4n) is 3.39. The maximum absolute atomic E-state index is 13.0. The number of halogens is 1. The molecule has 178 valence electrons. The quantitative estimate of drug-likeness (QED) is 0.345. The molecule has 0 saturated heterocycles. The van der Waals surface area contributed by atoms with Crippen LogP contribution in [0.3, 0.4) is 0 Å². The summed E-state index contributed by atoms with van der Waals surface area (Å²) in [5.74, 6) is -0.458. The average molecular weight is 473 g/mol. The largest absolute Gasteiger partial charge is 0.352 e. The number of benzene rings is 3. The maximum atomic E-state index is 13.0. The molecular weight excluding hydrogens is 447 g/mol. The van der Waals surface area contributed by atoms with Crippen molar-refractivity contribution in [3.63, 3.8) is 0 Å². The summed E-state index contributed by atoms with van der Waals surface area (Å²) < 4.78 is 14.6. The Morgan fingerprint density at radius 2 is 1.60 bits per heavy atom. The Kier molecular flexibility index (Phi) is 7.80. The van der Waals surface area contributed by atoms with Gasteiger partial charge < -0.3 is 16.0 Å². The number of nitrogens with zero attached hydrogens (tertiary/aromatic N) is 3. The van der Waals surface area contributed by atoms with Crippen LogP contribution < -0.4 is 16.0 Å². The molecule has 0 aliphatic rings. The second-order valence-corrected chi connectivity index (χ2v) is 7.91. The van der Waals surface area contributed by atoms with Crippen LogP contribution in [-0.2, 0) is 19.5 Å². The lowest BCUT2D eigenvalue weighted by Gasteiger charge is -2.08. The monoisotopic (exact) mass is 472 g/mol. The first-order chi connectivity index (χ1) is 17.0. The maximum Gasteiger partial charge on any atom is 0.319 e. The van der Waals surface area contributed by atoms with Crippen molar-refractivity contribution in [2.75, 3.05) is 11.9 Å². The summed E-state index contributed by atoms with van der Waals surface area (Å²) in [7, 11) is 0. The Hall–Kier alpha value is -4.53. The van der Waals surface area contributed by atoms with Crippen molar-refractivity contribution >= 4 is 17.6 Å². The number of urea groups is 1. The molecule has 0 fully saturated rings. The highest BCUT2D eigenvalue weighted by Crippen LogP contribution is 2.10. The molecule has 0 aliphatic carbocycles. The third-order valence-corrected chi connectivity index (χ3v) is 5.22. The summed E-state index contributed by atoms with van der Waals surface area (Å²) in [5.41, 5.74) is 3.71. The van der Waals surface area contributed by atoms with Gasteiger partial charge in [-0.25, -0.2) is 13.9 Å². The number of nitrogens with one attached hydrogen (secondary N) is 3. The molecule has 0 atom stereocenters. The molecular formula is C26H25FN6O2. The molecule has 1 heterocycles. The van der Waals surface area contributed by atoms with E-state index in [9.17, 15) is 14.0 Å². The van der Waals surface area contributed by atoms with Gasteiger partial charge in [-0.3, -0.25) is 4.79 Å². The summed E-state index contributed by atoms with van der Waals surface area (Å²) in [4.78, 5) is 24.5. The minimum absolute atomic E-state index is 0.166. The van der Waals surface area contributed by atoms with Gasteiger partial charge in [-0.05, 0) is 53.9 Å². The number of carbonyl (C=O) groups is 2. The van der Waals surface area contributed by atoms with E-state index < -0.39 is 6.03 Å². The summed E-state index contributed by atoms with van der Waals surface area (Å²) in [6.07, 6.45) is 2.47. The molecule has 4 aromatic rings. The zero-order valence-electron chi connectivity index (χ0n) is 18.9. The normalized spacial score (nSPS) is 10.5. The zero-order chi connectivity index (χ0) is 24.5. The minimum atomic E-state index is -0.404. The predicted octanol–water partition coefficient (Wildman–Crippen LogP) is 3.76. The third kappa shape index (κ3) is 7.23. The van der Waals surface area contributed by atoms with E-state index in [2.05, 4.69) is 26.3 Å². The first-order valence-corrected chi connectivity index (χ1v) is 11.2. The van der Waals surface area contributed by atoms with Gasteiger partial charge >= 0.3 is 6.03 Å². The molecule has 0 spiro atoms. The zero-order valence-corrected chi connectivity index (χ0v) is 18.9. The van der Waals surface area contributed by atoms with E-state index in [0.29, 0.717) is 30.0 Å². The van der Waals surface area contributed by atoms with Crippen LogP contribution in [0.25, 0.3) is 0 Å². The van der Waals surface area contributed by atoms with Crippen LogP contribution in [0.2, 0.25) is 0 Å². The van der Waals surface area contributed by atoms with Crippen LogP contribution in [0, 0.1) is 5.82 Å². The van der Waals surface area contributed by atoms with E-state index in [4.69, 9.17) is 0 Å². The summed E-state index contributed by atoms with van der Waals surface area (Å²) in [6.45, 7) is 1.18. The lowest BCUT2D eigenvalue weighted by molar-refractivity contribution is 0.0954. The van der Waals surface area contributed by atoms with Gasteiger partial charge in [-0.15, -0.1) is 5.10 Å². The molecule has 0 saturated carbocycles. The van der Waals surface area contributed by atoms with Crippen molar-refractivity contribution in [2.45, 2.75) is 19.5 Å². The molecule has 3 aromatic carbocycles. The van der Waals surface area contributed by atoms with E-state index in [0.717, 1.165) is 17.5 Å². The van der Waals surface area contributed by atoms with Crippen molar-refractivity contribution in [1.82, 2.24) is 25.6 Å². The standard InChI is InChI=1S/C26H25FN6O2/c27-22-10-6-20(7-11-22)17-33-18-24(31-32-33)16-29-26(35)30-23-12-8-21(9-13-23)25(34)28-15-14-19-4-2-1-3-5-19/h1-13,18H,14-17H2,(H,28,34)(H2,29,30,35). The SMILES string of the molecule is O=C(NCc1cn(Cc2ccc(F)cc2)nn1)Nc1ccc(C(=O)NCCc2ccccc2)cc1. The van der Waals surface area contributed by atoms with Crippen LogP contribution in [-0.4, -0.2) is 33.5 Å². The molecule has 0 radical (unpaired) electrons. The van der Waals surface area contributed by atoms with Crippen molar-refractivity contribution in [3.05, 3.63) is 113 Å².